The molecule has 1 aromatic carbocycles. The fraction of sp³-hybridized carbons (Fsp3) is 0.462. The number of rotatable bonds is 6. The number of halogens is 3. The highest BCUT2D eigenvalue weighted by atomic mass is 79.9. The van der Waals surface area contributed by atoms with Gasteiger partial charge in [-0.2, -0.15) is 0 Å². The Kier molecular flexibility index (Phi) is 7.05. The number of hydrogen-bond acceptors (Lipinski definition) is 1. The Balaban J connectivity index is 2.57. The molecular formula is C13H16BrCl2NO. The third-order valence-corrected chi connectivity index (χ3v) is 3.58. The predicted molar refractivity (Wildman–Crippen MR) is 81.1 cm³/mol. The maximum absolute atomic E-state index is 12.1. The number of hydrogen-bond donors (Lipinski definition) is 0. The van der Waals surface area contributed by atoms with E-state index >= 15 is 0 Å². The van der Waals surface area contributed by atoms with E-state index < -0.39 is 0 Å². The van der Waals surface area contributed by atoms with Crippen LogP contribution in [0.2, 0.25) is 10.0 Å². The van der Waals surface area contributed by atoms with E-state index in [1.54, 1.807) is 30.1 Å². The molecule has 5 heteroatoms. The second-order valence-corrected chi connectivity index (χ2v) is 5.80. The van der Waals surface area contributed by atoms with Crippen molar-refractivity contribution in [2.24, 2.45) is 0 Å². The molecule has 1 amide bonds. The average molecular weight is 353 g/mol. The second-order valence-electron chi connectivity index (χ2n) is 4.13. The van der Waals surface area contributed by atoms with Gasteiger partial charge < -0.3 is 4.90 Å². The van der Waals surface area contributed by atoms with Crippen LogP contribution in [-0.4, -0.2) is 29.7 Å². The summed E-state index contributed by atoms with van der Waals surface area (Å²) < 4.78 is 0. The lowest BCUT2D eigenvalue weighted by atomic mass is 10.2. The van der Waals surface area contributed by atoms with Crippen molar-refractivity contribution in [2.75, 3.05) is 18.9 Å². The van der Waals surface area contributed by atoms with Gasteiger partial charge >= 0.3 is 0 Å². The van der Waals surface area contributed by atoms with Crippen molar-refractivity contribution in [3.8, 4) is 0 Å². The van der Waals surface area contributed by atoms with Gasteiger partial charge in [0.1, 0.15) is 0 Å². The van der Waals surface area contributed by atoms with E-state index in [1.165, 1.54) is 0 Å². The molecule has 18 heavy (non-hydrogen) atoms. The van der Waals surface area contributed by atoms with E-state index in [0.29, 0.717) is 15.6 Å². The summed E-state index contributed by atoms with van der Waals surface area (Å²) in [6, 6.07) is 4.91. The fourth-order valence-electron chi connectivity index (χ4n) is 1.62. The van der Waals surface area contributed by atoms with Crippen LogP contribution in [0.4, 0.5) is 0 Å². The Hall–Kier alpha value is -0.250. The highest BCUT2D eigenvalue weighted by molar-refractivity contribution is 9.09. The number of nitrogens with zero attached hydrogens (tertiary/aromatic N) is 1. The predicted octanol–water partition coefficient (Wildman–Crippen LogP) is 4.63. The summed E-state index contributed by atoms with van der Waals surface area (Å²) >= 11 is 15.2. The van der Waals surface area contributed by atoms with Gasteiger partial charge in [0, 0.05) is 34.5 Å². The van der Waals surface area contributed by atoms with Crippen molar-refractivity contribution >= 4 is 45.0 Å². The van der Waals surface area contributed by atoms with Crippen LogP contribution >= 0.6 is 39.1 Å². The maximum atomic E-state index is 12.1. The van der Waals surface area contributed by atoms with Crippen molar-refractivity contribution < 1.29 is 4.79 Å². The third kappa shape index (κ3) is 5.17. The zero-order valence-corrected chi connectivity index (χ0v) is 13.4. The molecule has 100 valence electrons. The van der Waals surface area contributed by atoms with Gasteiger partial charge in [-0.05, 0) is 31.0 Å². The van der Waals surface area contributed by atoms with Crippen LogP contribution in [-0.2, 0) is 0 Å². The lowest BCUT2D eigenvalue weighted by molar-refractivity contribution is 0.0792. The van der Waals surface area contributed by atoms with Crippen LogP contribution in [0, 0.1) is 0 Å². The number of carbonyl (C=O) groups is 1. The minimum Gasteiger partial charge on any atom is -0.342 e. The topological polar surface area (TPSA) is 20.3 Å². The minimum atomic E-state index is -0.0433. The summed E-state index contributed by atoms with van der Waals surface area (Å²) in [4.78, 5) is 13.8. The van der Waals surface area contributed by atoms with Crippen molar-refractivity contribution in [1.82, 2.24) is 4.90 Å². The Bertz CT molecular complexity index is 392. The minimum absolute atomic E-state index is 0.0433. The molecule has 0 heterocycles. The molecule has 1 aromatic rings. The molecule has 0 aromatic heterocycles. The summed E-state index contributed by atoms with van der Waals surface area (Å²) in [5, 5.41) is 1.98. The molecule has 0 aliphatic carbocycles. The van der Waals surface area contributed by atoms with Gasteiger partial charge in [-0.25, -0.2) is 0 Å². The normalized spacial score (nSPS) is 10.4. The molecule has 0 bridgehead atoms. The molecule has 0 spiro atoms. The Morgan fingerprint density at radius 1 is 1.17 bits per heavy atom. The molecule has 0 fully saturated rings. The second kappa shape index (κ2) is 8.03. The first-order chi connectivity index (χ1) is 8.54. The van der Waals surface area contributed by atoms with Crippen molar-refractivity contribution in [1.29, 1.82) is 0 Å². The maximum Gasteiger partial charge on any atom is 0.253 e. The number of benzene rings is 1. The first kappa shape index (κ1) is 15.8. The zero-order valence-electron chi connectivity index (χ0n) is 10.3. The van der Waals surface area contributed by atoms with Gasteiger partial charge in [-0.15, -0.1) is 0 Å². The van der Waals surface area contributed by atoms with Crippen LogP contribution < -0.4 is 0 Å². The molecule has 2 nitrogen and oxygen atoms in total. The summed E-state index contributed by atoms with van der Waals surface area (Å²) in [6.45, 7) is 0.746. The molecule has 0 N–H and O–H groups in total. The third-order valence-electron chi connectivity index (χ3n) is 2.58. The summed E-state index contributed by atoms with van der Waals surface area (Å²) in [7, 11) is 1.80. The highest BCUT2D eigenvalue weighted by Crippen LogP contribution is 2.20. The van der Waals surface area contributed by atoms with Crippen LogP contribution in [0.15, 0.2) is 18.2 Å². The number of alkyl halides is 1. The van der Waals surface area contributed by atoms with E-state index in [0.717, 1.165) is 31.1 Å². The Morgan fingerprint density at radius 2 is 1.78 bits per heavy atom. The smallest absolute Gasteiger partial charge is 0.253 e. The number of amides is 1. The molecule has 1 rings (SSSR count). The van der Waals surface area contributed by atoms with Crippen molar-refractivity contribution in [3.05, 3.63) is 33.8 Å². The summed E-state index contributed by atoms with van der Waals surface area (Å²) in [5.41, 5.74) is 0.537. The Labute approximate surface area is 126 Å². The average Bonchev–Trinajstić information content (AvgIpc) is 2.32. The summed E-state index contributed by atoms with van der Waals surface area (Å²) in [6.07, 6.45) is 3.24. The first-order valence-electron chi connectivity index (χ1n) is 5.82. The van der Waals surface area contributed by atoms with Gasteiger partial charge in [0.2, 0.25) is 0 Å². The van der Waals surface area contributed by atoms with Crippen LogP contribution in [0.3, 0.4) is 0 Å². The first-order valence-corrected chi connectivity index (χ1v) is 7.70. The van der Waals surface area contributed by atoms with Gasteiger partial charge in [-0.3, -0.25) is 4.79 Å². The van der Waals surface area contributed by atoms with Gasteiger partial charge in [0.15, 0.2) is 0 Å². The summed E-state index contributed by atoms with van der Waals surface area (Å²) in [5.74, 6) is -0.0433. The highest BCUT2D eigenvalue weighted by Gasteiger charge is 2.12. The number of unbranched alkanes of at least 4 members (excludes halogenated alkanes) is 2. The monoisotopic (exact) mass is 351 g/mol. The molecular weight excluding hydrogens is 337 g/mol. The van der Waals surface area contributed by atoms with E-state index in [9.17, 15) is 4.79 Å². The van der Waals surface area contributed by atoms with Gasteiger partial charge in [-0.1, -0.05) is 45.6 Å². The van der Waals surface area contributed by atoms with E-state index in [1.807, 2.05) is 0 Å². The SMILES string of the molecule is CN(CCCCCBr)C(=O)c1cc(Cl)cc(Cl)c1. The molecule has 0 aliphatic rings. The fourth-order valence-corrected chi connectivity index (χ4v) is 2.54. The van der Waals surface area contributed by atoms with E-state index in [-0.39, 0.29) is 5.91 Å². The van der Waals surface area contributed by atoms with Crippen LogP contribution in [0.5, 0.6) is 0 Å². The van der Waals surface area contributed by atoms with Gasteiger partial charge in [0.25, 0.3) is 5.91 Å². The van der Waals surface area contributed by atoms with E-state index in [4.69, 9.17) is 23.2 Å². The zero-order chi connectivity index (χ0) is 13.5. The molecule has 0 radical (unpaired) electrons. The lowest BCUT2D eigenvalue weighted by Crippen LogP contribution is -2.27. The van der Waals surface area contributed by atoms with Crippen molar-refractivity contribution in [3.63, 3.8) is 0 Å². The van der Waals surface area contributed by atoms with Crippen molar-refractivity contribution in [2.45, 2.75) is 19.3 Å². The molecule has 0 aliphatic heterocycles. The standard InChI is InChI=1S/C13H16BrCl2NO/c1-17(6-4-2-3-5-14)13(18)10-7-11(15)9-12(16)8-10/h7-9H,2-6H2,1H3. The van der Waals surface area contributed by atoms with Gasteiger partial charge in [0.05, 0.1) is 0 Å². The van der Waals surface area contributed by atoms with E-state index in [2.05, 4.69) is 15.9 Å². The Morgan fingerprint density at radius 3 is 2.33 bits per heavy atom. The molecule has 0 saturated carbocycles. The lowest BCUT2D eigenvalue weighted by Gasteiger charge is -2.17. The van der Waals surface area contributed by atoms with Crippen LogP contribution in [0.1, 0.15) is 29.6 Å². The molecule has 0 atom stereocenters. The molecule has 0 saturated heterocycles. The largest absolute Gasteiger partial charge is 0.342 e. The quantitative estimate of drug-likeness (QED) is 0.539. The number of carbonyl (C=O) groups excluding carboxylic acids is 1. The molecule has 0 unspecified atom stereocenters. The van der Waals surface area contributed by atoms with Crippen LogP contribution in [0.25, 0.3) is 0 Å².